The van der Waals surface area contributed by atoms with Crippen LogP contribution in [0.3, 0.4) is 0 Å². The normalized spacial score (nSPS) is 38.9. The highest BCUT2D eigenvalue weighted by Crippen LogP contribution is 2.52. The fourth-order valence-corrected chi connectivity index (χ4v) is 3.20. The number of terminal acetylenes is 1. The number of nitrogens with one attached hydrogen (secondary N) is 1. The van der Waals surface area contributed by atoms with E-state index in [9.17, 15) is 0 Å². The molecule has 0 aromatic carbocycles. The SMILES string of the molecule is C#CCC(C)NC1C2CCOC2C1(C)C. The first kappa shape index (κ1) is 11.0. The second kappa shape index (κ2) is 3.81. The van der Waals surface area contributed by atoms with Gasteiger partial charge in [0.05, 0.1) is 6.10 Å². The lowest BCUT2D eigenvalue weighted by Gasteiger charge is -2.55. The molecule has 1 aliphatic heterocycles. The number of rotatable bonds is 3. The maximum Gasteiger partial charge on any atom is 0.0685 e. The summed E-state index contributed by atoms with van der Waals surface area (Å²) in [6.07, 6.45) is 7.80. The molecule has 2 heteroatoms. The minimum absolute atomic E-state index is 0.268. The van der Waals surface area contributed by atoms with Crippen LogP contribution in [0.2, 0.25) is 0 Å². The summed E-state index contributed by atoms with van der Waals surface area (Å²) in [7, 11) is 0. The van der Waals surface area contributed by atoms with Crippen LogP contribution >= 0.6 is 0 Å². The molecule has 0 amide bonds. The molecule has 0 spiro atoms. The van der Waals surface area contributed by atoms with Gasteiger partial charge in [-0.1, -0.05) is 13.8 Å². The fourth-order valence-electron chi connectivity index (χ4n) is 3.20. The summed E-state index contributed by atoms with van der Waals surface area (Å²) in [5.41, 5.74) is 0.268. The van der Waals surface area contributed by atoms with Gasteiger partial charge in [-0.2, -0.15) is 0 Å². The summed E-state index contributed by atoms with van der Waals surface area (Å²) in [5.74, 6) is 3.42. The first-order chi connectivity index (χ1) is 7.07. The Balaban J connectivity index is 1.95. The van der Waals surface area contributed by atoms with Crippen LogP contribution in [0, 0.1) is 23.7 Å². The van der Waals surface area contributed by atoms with Crippen LogP contribution in [0.15, 0.2) is 0 Å². The quantitative estimate of drug-likeness (QED) is 0.713. The molecule has 1 saturated carbocycles. The molecule has 2 rings (SSSR count). The second-order valence-electron chi connectivity index (χ2n) is 5.52. The monoisotopic (exact) mass is 207 g/mol. The van der Waals surface area contributed by atoms with Crippen LogP contribution in [0.1, 0.15) is 33.6 Å². The lowest BCUT2D eigenvalue weighted by molar-refractivity contribution is -0.114. The molecular formula is C13H21NO. The van der Waals surface area contributed by atoms with Gasteiger partial charge >= 0.3 is 0 Å². The van der Waals surface area contributed by atoms with Crippen molar-refractivity contribution in [2.45, 2.75) is 51.8 Å². The molecule has 1 N–H and O–H groups in total. The van der Waals surface area contributed by atoms with Gasteiger partial charge in [0.25, 0.3) is 0 Å². The van der Waals surface area contributed by atoms with Crippen LogP contribution in [0.25, 0.3) is 0 Å². The summed E-state index contributed by atoms with van der Waals surface area (Å²) < 4.78 is 5.76. The van der Waals surface area contributed by atoms with Gasteiger partial charge in [-0.15, -0.1) is 12.3 Å². The first-order valence-electron chi connectivity index (χ1n) is 5.88. The minimum Gasteiger partial charge on any atom is -0.377 e. The van der Waals surface area contributed by atoms with Gasteiger partial charge in [0.15, 0.2) is 0 Å². The van der Waals surface area contributed by atoms with E-state index in [1.165, 1.54) is 6.42 Å². The third kappa shape index (κ3) is 1.68. The molecule has 0 radical (unpaired) electrons. The van der Waals surface area contributed by atoms with E-state index >= 15 is 0 Å². The Labute approximate surface area is 92.8 Å². The maximum atomic E-state index is 5.76. The summed E-state index contributed by atoms with van der Waals surface area (Å²) in [5, 5.41) is 3.66. The van der Waals surface area contributed by atoms with Crippen molar-refractivity contribution in [3.63, 3.8) is 0 Å². The molecule has 0 bridgehead atoms. The second-order valence-corrected chi connectivity index (χ2v) is 5.52. The van der Waals surface area contributed by atoms with Gasteiger partial charge in [0, 0.05) is 36.4 Å². The zero-order valence-corrected chi connectivity index (χ0v) is 9.92. The number of hydrogen-bond donors (Lipinski definition) is 1. The zero-order chi connectivity index (χ0) is 11.1. The van der Waals surface area contributed by atoms with E-state index in [1.54, 1.807) is 0 Å². The Kier molecular flexibility index (Phi) is 2.79. The average molecular weight is 207 g/mol. The van der Waals surface area contributed by atoms with Crippen LogP contribution in [-0.4, -0.2) is 24.8 Å². The highest BCUT2D eigenvalue weighted by Gasteiger charge is 2.59. The van der Waals surface area contributed by atoms with Crippen molar-refractivity contribution in [2.24, 2.45) is 11.3 Å². The van der Waals surface area contributed by atoms with E-state index in [2.05, 4.69) is 32.0 Å². The smallest absolute Gasteiger partial charge is 0.0685 e. The lowest BCUT2D eigenvalue weighted by Crippen LogP contribution is -2.67. The third-order valence-electron chi connectivity index (χ3n) is 3.99. The van der Waals surface area contributed by atoms with E-state index in [-0.39, 0.29) is 5.41 Å². The standard InChI is InChI=1S/C13H21NO/c1-5-6-9(2)14-11-10-7-8-15-12(10)13(11,3)4/h1,9-12,14H,6-8H2,2-4H3. The molecule has 0 aromatic rings. The Bertz CT molecular complexity index is 279. The van der Waals surface area contributed by atoms with Gasteiger partial charge < -0.3 is 10.1 Å². The topological polar surface area (TPSA) is 21.3 Å². The van der Waals surface area contributed by atoms with Crippen LogP contribution < -0.4 is 5.32 Å². The summed E-state index contributed by atoms with van der Waals surface area (Å²) >= 11 is 0. The van der Waals surface area contributed by atoms with Crippen molar-refractivity contribution in [1.82, 2.24) is 5.32 Å². The molecule has 0 aromatic heterocycles. The number of ether oxygens (including phenoxy) is 1. The van der Waals surface area contributed by atoms with Crippen LogP contribution in [0.5, 0.6) is 0 Å². The zero-order valence-electron chi connectivity index (χ0n) is 9.92. The number of fused-ring (bicyclic) bond motifs is 1. The maximum absolute atomic E-state index is 5.76. The van der Waals surface area contributed by atoms with Gasteiger partial charge in [-0.05, 0) is 13.3 Å². The molecular weight excluding hydrogens is 186 g/mol. The van der Waals surface area contributed by atoms with Gasteiger partial charge in [0.1, 0.15) is 0 Å². The minimum atomic E-state index is 0.268. The van der Waals surface area contributed by atoms with Gasteiger partial charge in [-0.25, -0.2) is 0 Å². The molecule has 1 saturated heterocycles. The van der Waals surface area contributed by atoms with Crippen molar-refractivity contribution in [1.29, 1.82) is 0 Å². The average Bonchev–Trinajstić information content (AvgIpc) is 2.61. The largest absolute Gasteiger partial charge is 0.377 e. The van der Waals surface area contributed by atoms with E-state index in [0.29, 0.717) is 24.1 Å². The highest BCUT2D eigenvalue weighted by atomic mass is 16.5. The molecule has 2 aliphatic rings. The Morgan fingerprint density at radius 2 is 2.33 bits per heavy atom. The Morgan fingerprint density at radius 3 is 3.00 bits per heavy atom. The van der Waals surface area contributed by atoms with E-state index < -0.39 is 0 Å². The highest BCUT2D eigenvalue weighted by molar-refractivity contribution is 5.12. The van der Waals surface area contributed by atoms with E-state index in [4.69, 9.17) is 11.2 Å². The van der Waals surface area contributed by atoms with Crippen molar-refractivity contribution >= 4 is 0 Å². The van der Waals surface area contributed by atoms with Crippen LogP contribution in [-0.2, 0) is 4.74 Å². The molecule has 4 unspecified atom stereocenters. The molecule has 1 heterocycles. The lowest BCUT2D eigenvalue weighted by atomic mass is 9.57. The molecule has 15 heavy (non-hydrogen) atoms. The summed E-state index contributed by atoms with van der Waals surface area (Å²) in [4.78, 5) is 0. The molecule has 84 valence electrons. The third-order valence-corrected chi connectivity index (χ3v) is 3.99. The Hall–Kier alpha value is -0.520. The predicted octanol–water partition coefficient (Wildman–Crippen LogP) is 1.80. The van der Waals surface area contributed by atoms with Gasteiger partial charge in [-0.3, -0.25) is 0 Å². The van der Waals surface area contributed by atoms with Crippen molar-refractivity contribution in [3.05, 3.63) is 0 Å². The van der Waals surface area contributed by atoms with Crippen molar-refractivity contribution in [2.75, 3.05) is 6.61 Å². The molecule has 2 fully saturated rings. The van der Waals surface area contributed by atoms with Gasteiger partial charge in [0.2, 0.25) is 0 Å². The first-order valence-corrected chi connectivity index (χ1v) is 5.88. The van der Waals surface area contributed by atoms with Crippen LogP contribution in [0.4, 0.5) is 0 Å². The van der Waals surface area contributed by atoms with Crippen molar-refractivity contribution in [3.8, 4) is 12.3 Å². The summed E-state index contributed by atoms with van der Waals surface area (Å²) in [6, 6.07) is 0.995. The fraction of sp³-hybridized carbons (Fsp3) is 0.846. The molecule has 1 aliphatic carbocycles. The predicted molar refractivity (Wildman–Crippen MR) is 61.5 cm³/mol. The molecule has 2 nitrogen and oxygen atoms in total. The number of hydrogen-bond acceptors (Lipinski definition) is 2. The Morgan fingerprint density at radius 1 is 1.60 bits per heavy atom. The van der Waals surface area contributed by atoms with E-state index in [0.717, 1.165) is 13.0 Å². The van der Waals surface area contributed by atoms with Crippen molar-refractivity contribution < 1.29 is 4.74 Å². The van der Waals surface area contributed by atoms with E-state index in [1.807, 2.05) is 0 Å². The molecule has 4 atom stereocenters. The summed E-state index contributed by atoms with van der Waals surface area (Å²) in [6.45, 7) is 7.68.